The molecular weight excluding hydrogens is 454 g/mol. The summed E-state index contributed by atoms with van der Waals surface area (Å²) in [7, 11) is 0. The lowest BCUT2D eigenvalue weighted by molar-refractivity contribution is -0.0565. The van der Waals surface area contributed by atoms with Crippen LogP contribution in [0.4, 0.5) is 0 Å². The molecule has 3 nitrogen and oxygen atoms in total. The average Bonchev–Trinajstić information content (AvgIpc) is 2.93. The first-order chi connectivity index (χ1) is 18.1. The van der Waals surface area contributed by atoms with Gasteiger partial charge in [0.1, 0.15) is 12.4 Å². The van der Waals surface area contributed by atoms with Gasteiger partial charge < -0.3 is 9.84 Å². The lowest BCUT2D eigenvalue weighted by Gasteiger charge is -2.53. The van der Waals surface area contributed by atoms with Crippen molar-refractivity contribution in [2.45, 2.75) is 75.9 Å². The molecule has 6 rings (SSSR count). The third-order valence-corrected chi connectivity index (χ3v) is 8.94. The molecule has 1 N–H and O–H groups in total. The van der Waals surface area contributed by atoms with Crippen LogP contribution in [0.15, 0.2) is 84.9 Å². The third-order valence-electron chi connectivity index (χ3n) is 8.94. The van der Waals surface area contributed by atoms with Crippen molar-refractivity contribution < 1.29 is 9.84 Å². The van der Waals surface area contributed by atoms with Gasteiger partial charge in [-0.1, -0.05) is 74.0 Å². The second kappa shape index (κ2) is 9.95. The monoisotopic (exact) mass is 491 g/mol. The predicted molar refractivity (Wildman–Crippen MR) is 150 cm³/mol. The fraction of sp³-hybridized carbons (Fsp3) is 0.382. The topological polar surface area (TPSA) is 42.4 Å². The van der Waals surface area contributed by atoms with Gasteiger partial charge in [0, 0.05) is 10.8 Å². The minimum atomic E-state index is -0.507. The summed E-state index contributed by atoms with van der Waals surface area (Å²) in [6.45, 7) is 2.65. The number of hydrogen-bond donors (Lipinski definition) is 1. The van der Waals surface area contributed by atoms with Gasteiger partial charge in [-0.3, -0.25) is 0 Å². The van der Waals surface area contributed by atoms with Gasteiger partial charge >= 0.3 is 0 Å². The van der Waals surface area contributed by atoms with Gasteiger partial charge in [-0.05, 0) is 91.8 Å². The maximum absolute atomic E-state index is 11.4. The molecule has 0 radical (unpaired) electrons. The molecule has 1 aromatic heterocycles. The van der Waals surface area contributed by atoms with Crippen molar-refractivity contribution in [3.8, 4) is 5.75 Å². The summed E-state index contributed by atoms with van der Waals surface area (Å²) < 4.78 is 6.26. The van der Waals surface area contributed by atoms with Crippen LogP contribution in [0.5, 0.6) is 5.75 Å². The standard InChI is InChI=1S/C34H37NO2/c1-2-18-33(36)19-20-34(22-25-8-4-3-5-9-25)28(23-33)14-12-27-21-30(16-17-31(27)34)37-24-29-15-13-26-10-6-7-11-32(26)35-29/h3-11,13,15-17,21,28,36H,2,12,14,18-20,22-24H2,1H3/t28-,33-,34+/m1/s1. The number of benzene rings is 3. The van der Waals surface area contributed by atoms with Gasteiger partial charge in [0.05, 0.1) is 16.8 Å². The highest BCUT2D eigenvalue weighted by Gasteiger charge is 2.51. The molecular formula is C34H37NO2. The minimum Gasteiger partial charge on any atom is -0.487 e. The van der Waals surface area contributed by atoms with Crippen molar-refractivity contribution in [2.75, 3.05) is 0 Å². The summed E-state index contributed by atoms with van der Waals surface area (Å²) >= 11 is 0. The number of aromatic nitrogens is 1. The average molecular weight is 492 g/mol. The quantitative estimate of drug-likeness (QED) is 0.290. The zero-order valence-corrected chi connectivity index (χ0v) is 21.8. The molecule has 0 aliphatic heterocycles. The molecule has 190 valence electrons. The fourth-order valence-corrected chi connectivity index (χ4v) is 7.16. The third kappa shape index (κ3) is 4.78. The second-order valence-corrected chi connectivity index (χ2v) is 11.3. The predicted octanol–water partition coefficient (Wildman–Crippen LogP) is 7.57. The maximum atomic E-state index is 11.4. The molecule has 3 heteroatoms. The van der Waals surface area contributed by atoms with Gasteiger partial charge in [-0.15, -0.1) is 0 Å². The molecule has 1 saturated carbocycles. The largest absolute Gasteiger partial charge is 0.487 e. The van der Waals surface area contributed by atoms with E-state index < -0.39 is 5.60 Å². The summed E-state index contributed by atoms with van der Waals surface area (Å²) in [5.74, 6) is 1.42. The lowest BCUT2D eigenvalue weighted by Crippen LogP contribution is -2.51. The van der Waals surface area contributed by atoms with Crippen LogP contribution in [-0.4, -0.2) is 15.7 Å². The Bertz CT molecular complexity index is 1380. The van der Waals surface area contributed by atoms with Crippen molar-refractivity contribution in [1.82, 2.24) is 4.98 Å². The molecule has 3 atom stereocenters. The van der Waals surface area contributed by atoms with Gasteiger partial charge in [-0.25, -0.2) is 4.98 Å². The van der Waals surface area contributed by atoms with E-state index in [-0.39, 0.29) is 5.41 Å². The van der Waals surface area contributed by atoms with Crippen molar-refractivity contribution >= 4 is 10.9 Å². The van der Waals surface area contributed by atoms with Crippen LogP contribution in [0, 0.1) is 5.92 Å². The summed E-state index contributed by atoms with van der Waals surface area (Å²) in [6.07, 6.45) is 8.00. The molecule has 0 saturated heterocycles. The van der Waals surface area contributed by atoms with Gasteiger partial charge in [0.25, 0.3) is 0 Å². The normalized spacial score (nSPS) is 24.9. The fourth-order valence-electron chi connectivity index (χ4n) is 7.16. The Kier molecular flexibility index (Phi) is 6.50. The number of aliphatic hydroxyl groups is 1. The summed E-state index contributed by atoms with van der Waals surface area (Å²) in [4.78, 5) is 4.77. The highest BCUT2D eigenvalue weighted by Crippen LogP contribution is 2.55. The zero-order valence-electron chi connectivity index (χ0n) is 21.8. The molecule has 2 aliphatic carbocycles. The van der Waals surface area contributed by atoms with Crippen LogP contribution in [0.1, 0.15) is 67.8 Å². The Morgan fingerprint density at radius 2 is 1.78 bits per heavy atom. The Hall–Kier alpha value is -3.17. The Morgan fingerprint density at radius 1 is 0.946 bits per heavy atom. The van der Waals surface area contributed by atoms with Gasteiger partial charge in [-0.2, -0.15) is 0 Å². The smallest absolute Gasteiger partial charge is 0.130 e. The number of ether oxygens (including phenoxy) is 1. The Morgan fingerprint density at radius 3 is 2.65 bits per heavy atom. The number of aryl methyl sites for hydroxylation is 1. The molecule has 37 heavy (non-hydrogen) atoms. The van der Waals surface area contributed by atoms with E-state index in [4.69, 9.17) is 9.72 Å². The second-order valence-electron chi connectivity index (χ2n) is 11.3. The van der Waals surface area contributed by atoms with Crippen LogP contribution in [0.25, 0.3) is 10.9 Å². The van der Waals surface area contributed by atoms with Crippen molar-refractivity contribution in [3.05, 3.63) is 107 Å². The molecule has 3 aromatic carbocycles. The molecule has 2 aliphatic rings. The van der Waals surface area contributed by atoms with Crippen LogP contribution < -0.4 is 4.74 Å². The van der Waals surface area contributed by atoms with Crippen LogP contribution in [0.2, 0.25) is 0 Å². The first-order valence-electron chi connectivity index (χ1n) is 13.9. The van der Waals surface area contributed by atoms with Crippen molar-refractivity contribution in [1.29, 1.82) is 0 Å². The van der Waals surface area contributed by atoms with E-state index in [0.717, 1.165) is 73.7 Å². The first-order valence-corrected chi connectivity index (χ1v) is 13.9. The van der Waals surface area contributed by atoms with Crippen molar-refractivity contribution in [3.63, 3.8) is 0 Å². The van der Waals surface area contributed by atoms with Crippen LogP contribution in [-0.2, 0) is 24.9 Å². The molecule has 1 fully saturated rings. The van der Waals surface area contributed by atoms with Crippen LogP contribution in [0.3, 0.4) is 0 Å². The number of para-hydroxylation sites is 1. The highest BCUT2D eigenvalue weighted by atomic mass is 16.5. The summed E-state index contributed by atoms with van der Waals surface area (Å²) in [6, 6.07) is 30.1. The maximum Gasteiger partial charge on any atom is 0.130 e. The Labute approximate surface area is 220 Å². The number of rotatable bonds is 7. The van der Waals surface area contributed by atoms with Crippen LogP contribution >= 0.6 is 0 Å². The summed E-state index contributed by atoms with van der Waals surface area (Å²) in [5, 5.41) is 12.6. The molecule has 0 bridgehead atoms. The van der Waals surface area contributed by atoms with E-state index in [2.05, 4.69) is 73.7 Å². The zero-order chi connectivity index (χ0) is 25.3. The Balaban J connectivity index is 1.28. The molecule has 4 aromatic rings. The SMILES string of the molecule is CCC[C@@]1(O)CC[C@@]2(Cc3ccccc3)c3ccc(OCc4ccc5ccccc5n4)cc3CC[C@@H]2C1. The number of nitrogens with zero attached hydrogens (tertiary/aromatic N) is 1. The molecule has 0 amide bonds. The van der Waals surface area contributed by atoms with E-state index in [9.17, 15) is 5.11 Å². The van der Waals surface area contributed by atoms with E-state index in [1.807, 2.05) is 18.2 Å². The van der Waals surface area contributed by atoms with Crippen molar-refractivity contribution in [2.24, 2.45) is 5.92 Å². The summed E-state index contributed by atoms with van der Waals surface area (Å²) in [5.41, 5.74) is 5.80. The molecule has 1 heterocycles. The van der Waals surface area contributed by atoms with Gasteiger partial charge in [0.2, 0.25) is 0 Å². The minimum absolute atomic E-state index is 0.0767. The van der Waals surface area contributed by atoms with E-state index in [1.165, 1.54) is 16.7 Å². The highest BCUT2D eigenvalue weighted by molar-refractivity contribution is 5.78. The lowest BCUT2D eigenvalue weighted by atomic mass is 9.52. The van der Waals surface area contributed by atoms with Gasteiger partial charge in [0.15, 0.2) is 0 Å². The number of fused-ring (bicyclic) bond motifs is 4. The van der Waals surface area contributed by atoms with E-state index in [1.54, 1.807) is 0 Å². The van der Waals surface area contributed by atoms with E-state index >= 15 is 0 Å². The molecule has 0 unspecified atom stereocenters. The molecule has 0 spiro atoms. The first kappa shape index (κ1) is 24.2. The number of hydrogen-bond acceptors (Lipinski definition) is 3. The van der Waals surface area contributed by atoms with E-state index in [0.29, 0.717) is 12.5 Å². The number of pyridine rings is 1.